The van der Waals surface area contributed by atoms with Crippen molar-refractivity contribution >= 4 is 39.1 Å². The highest BCUT2D eigenvalue weighted by Crippen LogP contribution is 2.32. The fraction of sp³-hybridized carbons (Fsp3) is 0.417. The molecule has 1 aromatic carbocycles. The number of piperidine rings is 1. The summed E-state index contributed by atoms with van der Waals surface area (Å²) in [6.07, 6.45) is 1.84. The van der Waals surface area contributed by atoms with Gasteiger partial charge in [0, 0.05) is 11.0 Å². The second-order valence-electron chi connectivity index (χ2n) is 4.28. The molecule has 1 saturated heterocycles. The molecule has 1 aliphatic heterocycles. The number of hydrogen-bond donors (Lipinski definition) is 2. The van der Waals surface area contributed by atoms with Crippen LogP contribution in [0.25, 0.3) is 0 Å². The number of rotatable bonds is 2. The van der Waals surface area contributed by atoms with E-state index >= 15 is 0 Å². The van der Waals surface area contributed by atoms with Crippen molar-refractivity contribution in [1.29, 1.82) is 0 Å². The topological polar surface area (TPSA) is 41.1 Å². The minimum atomic E-state index is -0.441. The van der Waals surface area contributed by atoms with Gasteiger partial charge in [-0.05, 0) is 47.4 Å². The SMILES string of the molecule is O=C(Nc1c(Cl)cc(F)cc1Br)[C@@H]1CCCNC1. The zero-order chi connectivity index (χ0) is 13.1. The number of benzene rings is 1. The Morgan fingerprint density at radius 1 is 1.56 bits per heavy atom. The Balaban J connectivity index is 2.11. The maximum Gasteiger partial charge on any atom is 0.228 e. The molecule has 0 spiro atoms. The van der Waals surface area contributed by atoms with Crippen molar-refractivity contribution < 1.29 is 9.18 Å². The van der Waals surface area contributed by atoms with E-state index in [1.54, 1.807) is 0 Å². The van der Waals surface area contributed by atoms with E-state index in [4.69, 9.17) is 11.6 Å². The van der Waals surface area contributed by atoms with Crippen LogP contribution in [0.2, 0.25) is 5.02 Å². The number of amides is 1. The number of hydrogen-bond acceptors (Lipinski definition) is 2. The molecule has 2 N–H and O–H groups in total. The van der Waals surface area contributed by atoms with Gasteiger partial charge < -0.3 is 10.6 Å². The number of carbonyl (C=O) groups excluding carboxylic acids is 1. The van der Waals surface area contributed by atoms with E-state index in [1.807, 2.05) is 0 Å². The van der Waals surface area contributed by atoms with Gasteiger partial charge in [-0.2, -0.15) is 0 Å². The van der Waals surface area contributed by atoms with Gasteiger partial charge in [0.25, 0.3) is 0 Å². The molecule has 0 unspecified atom stereocenters. The monoisotopic (exact) mass is 334 g/mol. The Bertz CT molecular complexity index is 440. The number of nitrogens with one attached hydrogen (secondary N) is 2. The third-order valence-electron chi connectivity index (χ3n) is 2.92. The van der Waals surface area contributed by atoms with Crippen LogP contribution in [0.4, 0.5) is 10.1 Å². The average Bonchev–Trinajstić information content (AvgIpc) is 2.34. The third kappa shape index (κ3) is 3.22. The van der Waals surface area contributed by atoms with Crippen molar-refractivity contribution in [2.75, 3.05) is 18.4 Å². The van der Waals surface area contributed by atoms with Crippen molar-refractivity contribution in [3.63, 3.8) is 0 Å². The van der Waals surface area contributed by atoms with E-state index in [0.29, 0.717) is 16.7 Å². The van der Waals surface area contributed by atoms with E-state index in [9.17, 15) is 9.18 Å². The molecule has 1 heterocycles. The van der Waals surface area contributed by atoms with Crippen LogP contribution >= 0.6 is 27.5 Å². The molecule has 0 aromatic heterocycles. The zero-order valence-corrected chi connectivity index (χ0v) is 11.9. The molecule has 6 heteroatoms. The lowest BCUT2D eigenvalue weighted by molar-refractivity contribution is -0.120. The van der Waals surface area contributed by atoms with Gasteiger partial charge >= 0.3 is 0 Å². The Labute approximate surface area is 118 Å². The van der Waals surface area contributed by atoms with E-state index < -0.39 is 5.82 Å². The van der Waals surface area contributed by atoms with Crippen molar-refractivity contribution in [1.82, 2.24) is 5.32 Å². The molecular formula is C12H13BrClFN2O. The lowest BCUT2D eigenvalue weighted by Crippen LogP contribution is -2.37. The lowest BCUT2D eigenvalue weighted by Gasteiger charge is -2.22. The molecule has 1 aromatic rings. The van der Waals surface area contributed by atoms with E-state index in [2.05, 4.69) is 26.6 Å². The van der Waals surface area contributed by atoms with Crippen molar-refractivity contribution in [3.05, 3.63) is 27.4 Å². The Hall–Kier alpha value is -0.650. The van der Waals surface area contributed by atoms with E-state index in [-0.39, 0.29) is 16.8 Å². The van der Waals surface area contributed by atoms with Gasteiger partial charge in [-0.3, -0.25) is 4.79 Å². The quantitative estimate of drug-likeness (QED) is 0.871. The summed E-state index contributed by atoms with van der Waals surface area (Å²) in [6.45, 7) is 1.62. The molecule has 0 bridgehead atoms. The van der Waals surface area contributed by atoms with Gasteiger partial charge in [0.15, 0.2) is 0 Å². The summed E-state index contributed by atoms with van der Waals surface area (Å²) in [5, 5.41) is 6.12. The summed E-state index contributed by atoms with van der Waals surface area (Å²) in [4.78, 5) is 12.0. The first kappa shape index (κ1) is 13.8. The van der Waals surface area contributed by atoms with Crippen LogP contribution < -0.4 is 10.6 Å². The highest BCUT2D eigenvalue weighted by Gasteiger charge is 2.22. The average molecular weight is 336 g/mol. The summed E-state index contributed by atoms with van der Waals surface area (Å²) in [6, 6.07) is 2.46. The Kier molecular flexibility index (Phi) is 4.59. The highest BCUT2D eigenvalue weighted by molar-refractivity contribution is 9.10. The van der Waals surface area contributed by atoms with Crippen LogP contribution in [0.15, 0.2) is 16.6 Å². The first-order chi connectivity index (χ1) is 8.58. The molecule has 1 fully saturated rings. The molecular weight excluding hydrogens is 323 g/mol. The molecule has 2 rings (SSSR count). The van der Waals surface area contributed by atoms with Crippen molar-refractivity contribution in [2.24, 2.45) is 5.92 Å². The molecule has 18 heavy (non-hydrogen) atoms. The Morgan fingerprint density at radius 2 is 2.33 bits per heavy atom. The maximum absolute atomic E-state index is 13.1. The van der Waals surface area contributed by atoms with Crippen molar-refractivity contribution in [2.45, 2.75) is 12.8 Å². The zero-order valence-electron chi connectivity index (χ0n) is 9.60. The second-order valence-corrected chi connectivity index (χ2v) is 5.54. The van der Waals surface area contributed by atoms with Crippen LogP contribution in [-0.4, -0.2) is 19.0 Å². The minimum absolute atomic E-state index is 0.0632. The lowest BCUT2D eigenvalue weighted by atomic mass is 9.99. The molecule has 1 amide bonds. The van der Waals surface area contributed by atoms with Crippen LogP contribution in [0, 0.1) is 11.7 Å². The largest absolute Gasteiger partial charge is 0.324 e. The summed E-state index contributed by atoms with van der Waals surface area (Å²) >= 11 is 9.11. The number of halogens is 3. The molecule has 0 saturated carbocycles. The van der Waals surface area contributed by atoms with E-state index in [0.717, 1.165) is 19.4 Å². The molecule has 3 nitrogen and oxygen atoms in total. The maximum atomic E-state index is 13.1. The third-order valence-corrected chi connectivity index (χ3v) is 3.85. The van der Waals surface area contributed by atoms with Gasteiger partial charge in [-0.25, -0.2) is 4.39 Å². The summed E-state index contributed by atoms with van der Waals surface area (Å²) in [7, 11) is 0. The first-order valence-corrected chi connectivity index (χ1v) is 6.91. The summed E-state index contributed by atoms with van der Waals surface area (Å²) in [5.41, 5.74) is 0.425. The molecule has 98 valence electrons. The van der Waals surface area contributed by atoms with Crippen LogP contribution in [0.3, 0.4) is 0 Å². The van der Waals surface area contributed by atoms with Crippen LogP contribution in [-0.2, 0) is 4.79 Å². The van der Waals surface area contributed by atoms with Gasteiger partial charge in [-0.15, -0.1) is 0 Å². The molecule has 1 atom stereocenters. The molecule has 0 aliphatic carbocycles. The fourth-order valence-electron chi connectivity index (χ4n) is 1.96. The second kappa shape index (κ2) is 5.99. The Morgan fingerprint density at radius 3 is 2.94 bits per heavy atom. The smallest absolute Gasteiger partial charge is 0.228 e. The van der Waals surface area contributed by atoms with Crippen molar-refractivity contribution in [3.8, 4) is 0 Å². The van der Waals surface area contributed by atoms with Gasteiger partial charge in [0.05, 0.1) is 16.6 Å². The highest BCUT2D eigenvalue weighted by atomic mass is 79.9. The standard InChI is InChI=1S/C12H13BrClFN2O/c13-9-4-8(15)5-10(14)11(9)17-12(18)7-2-1-3-16-6-7/h4-5,7,16H,1-3,6H2,(H,17,18)/t7-/m1/s1. The predicted molar refractivity (Wildman–Crippen MR) is 73.3 cm³/mol. The van der Waals surface area contributed by atoms with Gasteiger partial charge in [0.1, 0.15) is 5.82 Å². The number of carbonyl (C=O) groups is 1. The first-order valence-electron chi connectivity index (χ1n) is 5.74. The summed E-state index contributed by atoms with van der Waals surface area (Å²) < 4.78 is 13.5. The fourth-order valence-corrected chi connectivity index (χ4v) is 2.86. The number of anilines is 1. The normalized spacial score (nSPS) is 19.6. The van der Waals surface area contributed by atoms with Crippen LogP contribution in [0.1, 0.15) is 12.8 Å². The molecule has 1 aliphatic rings. The van der Waals surface area contributed by atoms with Gasteiger partial charge in [0.2, 0.25) is 5.91 Å². The van der Waals surface area contributed by atoms with Crippen LogP contribution in [0.5, 0.6) is 0 Å². The predicted octanol–water partition coefficient (Wildman–Crippen LogP) is 3.18. The summed E-state index contributed by atoms with van der Waals surface area (Å²) in [5.74, 6) is -0.590. The molecule has 0 radical (unpaired) electrons. The van der Waals surface area contributed by atoms with E-state index in [1.165, 1.54) is 12.1 Å². The minimum Gasteiger partial charge on any atom is -0.324 e. The van der Waals surface area contributed by atoms with Gasteiger partial charge in [-0.1, -0.05) is 11.6 Å².